The minimum absolute atomic E-state index is 0.266. The number of oxazole rings is 1. The maximum atomic E-state index is 12.1. The van der Waals surface area contributed by atoms with E-state index in [1.807, 2.05) is 17.5 Å². The molecule has 0 aliphatic heterocycles. The molecule has 1 atom stereocenters. The normalized spacial score (nSPS) is 13.7. The molecule has 2 heterocycles. The summed E-state index contributed by atoms with van der Waals surface area (Å²) in [6.45, 7) is 0. The number of aliphatic hydroxyl groups excluding tert-OH is 1. The molecule has 0 amide bonds. The molecular formula is C11H10F3NO2S2. The van der Waals surface area contributed by atoms with Gasteiger partial charge in [0.25, 0.3) is 0 Å². The number of aliphatic hydroxyl groups is 1. The first-order valence-electron chi connectivity index (χ1n) is 5.27. The summed E-state index contributed by atoms with van der Waals surface area (Å²) in [7, 11) is 0. The third-order valence-electron chi connectivity index (χ3n) is 2.19. The first-order chi connectivity index (χ1) is 8.97. The first-order valence-corrected chi connectivity index (χ1v) is 7.31. The zero-order valence-corrected chi connectivity index (χ0v) is 11.2. The molecule has 0 radical (unpaired) electrons. The van der Waals surface area contributed by atoms with Crippen molar-refractivity contribution in [3.63, 3.8) is 0 Å². The first kappa shape index (κ1) is 14.4. The molecule has 104 valence electrons. The molecule has 2 rings (SSSR count). The van der Waals surface area contributed by atoms with Crippen LogP contribution in [0.25, 0.3) is 10.8 Å². The van der Waals surface area contributed by atoms with Crippen LogP contribution in [-0.2, 0) is 5.75 Å². The van der Waals surface area contributed by atoms with E-state index in [-0.39, 0.29) is 5.75 Å². The van der Waals surface area contributed by atoms with Gasteiger partial charge in [-0.15, -0.1) is 11.3 Å². The average molecular weight is 309 g/mol. The van der Waals surface area contributed by atoms with Crippen LogP contribution >= 0.6 is 23.1 Å². The predicted molar refractivity (Wildman–Crippen MR) is 68.0 cm³/mol. The SMILES string of the molecule is O[C@@H](CSCc1coc(-c2cccs2)n1)C(F)(F)F. The maximum absolute atomic E-state index is 12.1. The van der Waals surface area contributed by atoms with Gasteiger partial charge < -0.3 is 9.52 Å². The van der Waals surface area contributed by atoms with Crippen molar-refractivity contribution in [2.75, 3.05) is 5.75 Å². The number of thiophene rings is 1. The van der Waals surface area contributed by atoms with Crippen molar-refractivity contribution in [3.05, 3.63) is 29.5 Å². The van der Waals surface area contributed by atoms with Gasteiger partial charge in [0.05, 0.1) is 10.6 Å². The Kier molecular flexibility index (Phi) is 4.54. The molecule has 0 spiro atoms. The van der Waals surface area contributed by atoms with Crippen LogP contribution < -0.4 is 0 Å². The van der Waals surface area contributed by atoms with Crippen molar-refractivity contribution in [2.24, 2.45) is 0 Å². The zero-order valence-electron chi connectivity index (χ0n) is 9.55. The monoisotopic (exact) mass is 309 g/mol. The lowest BCUT2D eigenvalue weighted by atomic mass is 10.4. The highest BCUT2D eigenvalue weighted by atomic mass is 32.2. The standard InChI is InChI=1S/C11H10F3NO2S2/c12-11(13,14)9(16)6-18-5-7-4-17-10(15-7)8-2-1-3-19-8/h1-4,9,16H,5-6H2/t9-/m0/s1. The fourth-order valence-corrected chi connectivity index (χ4v) is 2.78. The smallest absolute Gasteiger partial charge is 0.415 e. The van der Waals surface area contributed by atoms with Gasteiger partial charge in [0, 0.05) is 11.5 Å². The summed E-state index contributed by atoms with van der Waals surface area (Å²) in [5, 5.41) is 10.7. The van der Waals surface area contributed by atoms with Crippen molar-refractivity contribution in [1.82, 2.24) is 4.98 Å². The van der Waals surface area contributed by atoms with Gasteiger partial charge in [0.1, 0.15) is 6.26 Å². The Bertz CT molecular complexity index is 510. The summed E-state index contributed by atoms with van der Waals surface area (Å²) in [4.78, 5) is 5.04. The lowest BCUT2D eigenvalue weighted by molar-refractivity contribution is -0.195. The summed E-state index contributed by atoms with van der Waals surface area (Å²) in [5.74, 6) is 0.314. The van der Waals surface area contributed by atoms with Crippen LogP contribution in [-0.4, -0.2) is 28.1 Å². The Morgan fingerprint density at radius 3 is 2.89 bits per heavy atom. The molecule has 0 unspecified atom stereocenters. The summed E-state index contributed by atoms with van der Waals surface area (Å²) in [6, 6.07) is 3.71. The molecule has 0 aliphatic carbocycles. The minimum atomic E-state index is -4.57. The Hall–Kier alpha value is -0.990. The number of hydrogen-bond donors (Lipinski definition) is 1. The molecule has 19 heavy (non-hydrogen) atoms. The van der Waals surface area contributed by atoms with Crippen LogP contribution in [0.15, 0.2) is 28.2 Å². The third kappa shape index (κ3) is 3.99. The quantitative estimate of drug-likeness (QED) is 0.917. The van der Waals surface area contributed by atoms with Crippen LogP contribution in [0.3, 0.4) is 0 Å². The minimum Gasteiger partial charge on any atom is -0.444 e. The lowest BCUT2D eigenvalue weighted by Gasteiger charge is -2.13. The average Bonchev–Trinajstić information content (AvgIpc) is 2.97. The van der Waals surface area contributed by atoms with Crippen molar-refractivity contribution in [2.45, 2.75) is 18.0 Å². The molecule has 8 heteroatoms. The number of thioether (sulfide) groups is 1. The van der Waals surface area contributed by atoms with Crippen LogP contribution in [0.4, 0.5) is 13.2 Å². The van der Waals surface area contributed by atoms with Gasteiger partial charge in [-0.05, 0) is 11.4 Å². The highest BCUT2D eigenvalue weighted by molar-refractivity contribution is 7.98. The van der Waals surface area contributed by atoms with Crippen LogP contribution in [0.2, 0.25) is 0 Å². The summed E-state index contributed by atoms with van der Waals surface area (Å²) in [6.07, 6.45) is -5.46. The number of hydrogen-bond acceptors (Lipinski definition) is 5. The molecular weight excluding hydrogens is 299 g/mol. The lowest BCUT2D eigenvalue weighted by Crippen LogP contribution is -2.30. The molecule has 1 N–H and O–H groups in total. The van der Waals surface area contributed by atoms with E-state index in [1.54, 1.807) is 0 Å². The molecule has 0 aliphatic rings. The van der Waals surface area contributed by atoms with Gasteiger partial charge in [0.2, 0.25) is 5.89 Å². The second-order valence-corrected chi connectivity index (χ2v) is 5.67. The van der Waals surface area contributed by atoms with E-state index < -0.39 is 18.0 Å². The largest absolute Gasteiger partial charge is 0.444 e. The molecule has 0 fully saturated rings. The van der Waals surface area contributed by atoms with E-state index in [1.165, 1.54) is 17.6 Å². The molecule has 0 saturated carbocycles. The number of nitrogens with zero attached hydrogens (tertiary/aromatic N) is 1. The second-order valence-electron chi connectivity index (χ2n) is 3.69. The van der Waals surface area contributed by atoms with E-state index in [0.717, 1.165) is 16.6 Å². The van der Waals surface area contributed by atoms with E-state index in [2.05, 4.69) is 4.98 Å². The fraction of sp³-hybridized carbons (Fsp3) is 0.364. The highest BCUT2D eigenvalue weighted by Crippen LogP contribution is 2.27. The van der Waals surface area contributed by atoms with Gasteiger partial charge in [0.15, 0.2) is 6.10 Å². The van der Waals surface area contributed by atoms with Crippen molar-refractivity contribution in [1.29, 1.82) is 0 Å². The summed E-state index contributed by atoms with van der Waals surface area (Å²) >= 11 is 2.43. The molecule has 0 saturated heterocycles. The highest BCUT2D eigenvalue weighted by Gasteiger charge is 2.37. The van der Waals surface area contributed by atoms with Crippen molar-refractivity contribution < 1.29 is 22.7 Å². The molecule has 3 nitrogen and oxygen atoms in total. The van der Waals surface area contributed by atoms with Crippen molar-refractivity contribution >= 4 is 23.1 Å². The summed E-state index contributed by atoms with van der Waals surface area (Å²) < 4.78 is 41.4. The number of aromatic nitrogens is 1. The van der Waals surface area contributed by atoms with Crippen LogP contribution in [0, 0.1) is 0 Å². The van der Waals surface area contributed by atoms with E-state index in [4.69, 9.17) is 9.52 Å². The third-order valence-corrected chi connectivity index (χ3v) is 4.10. The molecule has 2 aromatic rings. The van der Waals surface area contributed by atoms with E-state index in [0.29, 0.717) is 11.6 Å². The van der Waals surface area contributed by atoms with Gasteiger partial charge in [-0.2, -0.15) is 24.9 Å². The van der Waals surface area contributed by atoms with E-state index in [9.17, 15) is 13.2 Å². The Balaban J connectivity index is 1.85. The van der Waals surface area contributed by atoms with Gasteiger partial charge in [-0.25, -0.2) is 4.98 Å². The maximum Gasteiger partial charge on any atom is 0.415 e. The van der Waals surface area contributed by atoms with Gasteiger partial charge >= 0.3 is 6.18 Å². The van der Waals surface area contributed by atoms with Gasteiger partial charge in [-0.1, -0.05) is 6.07 Å². The fourth-order valence-electron chi connectivity index (χ4n) is 1.26. The second kappa shape index (κ2) is 5.98. The number of rotatable bonds is 5. The van der Waals surface area contributed by atoms with Gasteiger partial charge in [-0.3, -0.25) is 0 Å². The van der Waals surface area contributed by atoms with Crippen molar-refractivity contribution in [3.8, 4) is 10.8 Å². The topological polar surface area (TPSA) is 46.3 Å². The predicted octanol–water partition coefficient (Wildman–Crippen LogP) is 3.56. The zero-order chi connectivity index (χ0) is 13.9. The molecule has 2 aromatic heterocycles. The Labute approximate surface area is 115 Å². The molecule has 0 bridgehead atoms. The number of halogens is 3. The Morgan fingerprint density at radius 2 is 2.26 bits per heavy atom. The summed E-state index contributed by atoms with van der Waals surface area (Å²) in [5.41, 5.74) is 0.558. The van der Waals surface area contributed by atoms with E-state index >= 15 is 0 Å². The number of alkyl halides is 3. The molecule has 0 aromatic carbocycles. The van der Waals surface area contributed by atoms with Crippen LogP contribution in [0.1, 0.15) is 5.69 Å². The Morgan fingerprint density at radius 1 is 1.47 bits per heavy atom. The van der Waals surface area contributed by atoms with Crippen LogP contribution in [0.5, 0.6) is 0 Å².